The number of rotatable bonds is 4. The number of aliphatic hydroxyl groups excluding tert-OH is 1. The predicted molar refractivity (Wildman–Crippen MR) is 70.5 cm³/mol. The van der Waals surface area contributed by atoms with Gasteiger partial charge in [-0.05, 0) is 37.1 Å². The zero-order valence-corrected chi connectivity index (χ0v) is 11.5. The average molecular weight is 268 g/mol. The zero-order chi connectivity index (χ0) is 13.9. The zero-order valence-electron chi connectivity index (χ0n) is 11.5. The number of ether oxygens (including phenoxy) is 2. The summed E-state index contributed by atoms with van der Waals surface area (Å²) in [7, 11) is 0. The lowest BCUT2D eigenvalue weighted by atomic mass is 9.82. The highest BCUT2D eigenvalue weighted by molar-refractivity contribution is 5.30. The first-order valence-electron chi connectivity index (χ1n) is 6.75. The molecule has 19 heavy (non-hydrogen) atoms. The molecule has 0 saturated carbocycles. The molecule has 0 aliphatic carbocycles. The lowest BCUT2D eigenvalue weighted by Gasteiger charge is -2.41. The van der Waals surface area contributed by atoms with Crippen molar-refractivity contribution < 1.29 is 19.0 Å². The largest absolute Gasteiger partial charge is 0.385 e. The molecule has 1 atom stereocenters. The van der Waals surface area contributed by atoms with Crippen LogP contribution in [-0.2, 0) is 9.47 Å². The second-order valence-corrected chi connectivity index (χ2v) is 5.01. The van der Waals surface area contributed by atoms with Crippen LogP contribution in [0, 0.1) is 12.7 Å². The van der Waals surface area contributed by atoms with Gasteiger partial charge in [0, 0.05) is 32.7 Å². The van der Waals surface area contributed by atoms with Gasteiger partial charge in [-0.25, -0.2) is 4.39 Å². The van der Waals surface area contributed by atoms with E-state index in [1.807, 2.05) is 13.8 Å². The maximum absolute atomic E-state index is 13.4. The molecule has 1 saturated heterocycles. The average Bonchev–Trinajstić information content (AvgIpc) is 2.42. The van der Waals surface area contributed by atoms with Crippen LogP contribution in [0.2, 0.25) is 0 Å². The molecular formula is C15H21FO3. The number of hydrogen-bond acceptors (Lipinski definition) is 3. The monoisotopic (exact) mass is 268 g/mol. The SMILES string of the molecule is CCOC1(C(O)c2cc(F)ccc2C)CCOCC1. The Balaban J connectivity index is 2.32. The Bertz CT molecular complexity index is 422. The van der Waals surface area contributed by atoms with E-state index >= 15 is 0 Å². The molecular weight excluding hydrogens is 247 g/mol. The number of aryl methyl sites for hydroxylation is 1. The quantitative estimate of drug-likeness (QED) is 0.912. The van der Waals surface area contributed by atoms with Crippen molar-refractivity contribution in [3.8, 4) is 0 Å². The smallest absolute Gasteiger partial charge is 0.123 e. The van der Waals surface area contributed by atoms with E-state index in [2.05, 4.69) is 0 Å². The van der Waals surface area contributed by atoms with E-state index in [4.69, 9.17) is 9.47 Å². The summed E-state index contributed by atoms with van der Waals surface area (Å²) in [5, 5.41) is 10.7. The highest BCUT2D eigenvalue weighted by Crippen LogP contribution is 2.39. The third-order valence-corrected chi connectivity index (χ3v) is 3.81. The molecule has 0 spiro atoms. The maximum atomic E-state index is 13.4. The van der Waals surface area contributed by atoms with Crippen molar-refractivity contribution in [3.63, 3.8) is 0 Å². The summed E-state index contributed by atoms with van der Waals surface area (Å²) < 4.78 is 24.6. The Hall–Kier alpha value is -0.970. The molecule has 1 aromatic rings. The van der Waals surface area contributed by atoms with Gasteiger partial charge in [0.15, 0.2) is 0 Å². The Morgan fingerprint density at radius 1 is 1.42 bits per heavy atom. The Morgan fingerprint density at radius 3 is 2.74 bits per heavy atom. The molecule has 1 aliphatic rings. The third kappa shape index (κ3) is 2.96. The fourth-order valence-electron chi connectivity index (χ4n) is 2.69. The Morgan fingerprint density at radius 2 is 2.11 bits per heavy atom. The summed E-state index contributed by atoms with van der Waals surface area (Å²) in [6.45, 7) is 5.42. The highest BCUT2D eigenvalue weighted by atomic mass is 19.1. The van der Waals surface area contributed by atoms with E-state index in [-0.39, 0.29) is 5.82 Å². The van der Waals surface area contributed by atoms with Gasteiger partial charge in [0.1, 0.15) is 17.5 Å². The summed E-state index contributed by atoms with van der Waals surface area (Å²) >= 11 is 0. The molecule has 106 valence electrons. The van der Waals surface area contributed by atoms with Crippen LogP contribution in [0.15, 0.2) is 18.2 Å². The van der Waals surface area contributed by atoms with Gasteiger partial charge in [-0.2, -0.15) is 0 Å². The van der Waals surface area contributed by atoms with Gasteiger partial charge < -0.3 is 14.6 Å². The number of benzene rings is 1. The fraction of sp³-hybridized carbons (Fsp3) is 0.600. The van der Waals surface area contributed by atoms with Crippen molar-refractivity contribution in [2.75, 3.05) is 19.8 Å². The van der Waals surface area contributed by atoms with E-state index in [0.717, 1.165) is 5.56 Å². The van der Waals surface area contributed by atoms with Gasteiger partial charge in [-0.3, -0.25) is 0 Å². The van der Waals surface area contributed by atoms with Crippen LogP contribution in [0.25, 0.3) is 0 Å². The standard InChI is InChI=1S/C15H21FO3/c1-3-19-15(6-8-18-9-7-15)14(17)13-10-12(16)5-4-11(13)2/h4-5,10,14,17H,3,6-9H2,1-2H3. The molecule has 1 fully saturated rings. The Labute approximate surface area is 113 Å². The molecule has 4 heteroatoms. The maximum Gasteiger partial charge on any atom is 0.123 e. The van der Waals surface area contributed by atoms with Crippen molar-refractivity contribution in [3.05, 3.63) is 35.1 Å². The molecule has 1 unspecified atom stereocenters. The fourth-order valence-corrected chi connectivity index (χ4v) is 2.69. The molecule has 1 N–H and O–H groups in total. The van der Waals surface area contributed by atoms with Crippen LogP contribution in [0.3, 0.4) is 0 Å². The van der Waals surface area contributed by atoms with Crippen LogP contribution in [-0.4, -0.2) is 30.5 Å². The van der Waals surface area contributed by atoms with E-state index in [0.29, 0.717) is 38.2 Å². The van der Waals surface area contributed by atoms with Gasteiger partial charge in [0.05, 0.1) is 0 Å². The van der Waals surface area contributed by atoms with Gasteiger partial charge >= 0.3 is 0 Å². The summed E-state index contributed by atoms with van der Waals surface area (Å²) in [6.07, 6.45) is 0.419. The van der Waals surface area contributed by atoms with Gasteiger partial charge in [-0.15, -0.1) is 0 Å². The van der Waals surface area contributed by atoms with Crippen molar-refractivity contribution in [1.82, 2.24) is 0 Å². The van der Waals surface area contributed by atoms with E-state index in [1.165, 1.54) is 12.1 Å². The minimum atomic E-state index is -0.827. The summed E-state index contributed by atoms with van der Waals surface area (Å²) in [4.78, 5) is 0. The van der Waals surface area contributed by atoms with Crippen LogP contribution in [0.5, 0.6) is 0 Å². The number of hydrogen-bond donors (Lipinski definition) is 1. The van der Waals surface area contributed by atoms with Crippen LogP contribution < -0.4 is 0 Å². The summed E-state index contributed by atoms with van der Waals surface area (Å²) in [5.41, 5.74) is 0.820. The summed E-state index contributed by atoms with van der Waals surface area (Å²) in [6, 6.07) is 4.49. The topological polar surface area (TPSA) is 38.7 Å². The van der Waals surface area contributed by atoms with Crippen LogP contribution in [0.1, 0.15) is 37.0 Å². The molecule has 2 rings (SSSR count). The van der Waals surface area contributed by atoms with Crippen molar-refractivity contribution >= 4 is 0 Å². The lowest BCUT2D eigenvalue weighted by Crippen LogP contribution is -2.45. The normalized spacial score (nSPS) is 20.2. The molecule has 0 aromatic heterocycles. The molecule has 1 aromatic carbocycles. The third-order valence-electron chi connectivity index (χ3n) is 3.81. The molecule has 0 bridgehead atoms. The van der Waals surface area contributed by atoms with E-state index in [1.54, 1.807) is 6.07 Å². The summed E-state index contributed by atoms with van der Waals surface area (Å²) in [5.74, 6) is -0.335. The van der Waals surface area contributed by atoms with Crippen LogP contribution >= 0.6 is 0 Å². The first-order valence-corrected chi connectivity index (χ1v) is 6.75. The molecule has 0 amide bonds. The van der Waals surface area contributed by atoms with Gasteiger partial charge in [0.25, 0.3) is 0 Å². The predicted octanol–water partition coefficient (Wildman–Crippen LogP) is 2.75. The lowest BCUT2D eigenvalue weighted by molar-refractivity contribution is -0.168. The van der Waals surface area contributed by atoms with Gasteiger partial charge in [-0.1, -0.05) is 6.07 Å². The van der Waals surface area contributed by atoms with Crippen molar-refractivity contribution in [1.29, 1.82) is 0 Å². The molecule has 3 nitrogen and oxygen atoms in total. The second-order valence-electron chi connectivity index (χ2n) is 5.01. The first-order chi connectivity index (χ1) is 9.09. The van der Waals surface area contributed by atoms with Gasteiger partial charge in [0.2, 0.25) is 0 Å². The number of aliphatic hydroxyl groups is 1. The molecule has 1 heterocycles. The Kier molecular flexibility index (Phi) is 4.55. The van der Waals surface area contributed by atoms with Crippen molar-refractivity contribution in [2.45, 2.75) is 38.4 Å². The highest BCUT2D eigenvalue weighted by Gasteiger charge is 2.41. The first kappa shape index (κ1) is 14.4. The minimum Gasteiger partial charge on any atom is -0.385 e. The van der Waals surface area contributed by atoms with Crippen LogP contribution in [0.4, 0.5) is 4.39 Å². The molecule has 1 aliphatic heterocycles. The van der Waals surface area contributed by atoms with Crippen molar-refractivity contribution in [2.24, 2.45) is 0 Å². The second kappa shape index (κ2) is 5.99. The van der Waals surface area contributed by atoms with E-state index < -0.39 is 11.7 Å². The number of halogens is 1. The molecule has 0 radical (unpaired) electrons. The van der Waals surface area contributed by atoms with E-state index in [9.17, 15) is 9.50 Å². The minimum absolute atomic E-state index is 0.335.